The van der Waals surface area contributed by atoms with Crippen molar-refractivity contribution in [3.8, 4) is 0 Å². The van der Waals surface area contributed by atoms with Crippen molar-refractivity contribution in [1.82, 2.24) is 10.3 Å². The summed E-state index contributed by atoms with van der Waals surface area (Å²) in [6.07, 6.45) is 2.76. The number of pyridine rings is 1. The van der Waals surface area contributed by atoms with Crippen LogP contribution in [0.5, 0.6) is 0 Å². The highest BCUT2D eigenvalue weighted by Gasteiger charge is 2.07. The number of aromatic nitrogens is 1. The molecule has 0 radical (unpaired) electrons. The first kappa shape index (κ1) is 14.5. The maximum absolute atomic E-state index is 11.7. The van der Waals surface area contributed by atoms with Gasteiger partial charge < -0.3 is 10.6 Å². The third-order valence-corrected chi connectivity index (χ3v) is 2.69. The molecule has 4 heteroatoms. The SMILES string of the molecule is CCC(C)Nc1ccc(C(=O)NCC(C)C)nc1. The van der Waals surface area contributed by atoms with Gasteiger partial charge in [-0.15, -0.1) is 0 Å². The van der Waals surface area contributed by atoms with Gasteiger partial charge >= 0.3 is 0 Å². The fourth-order valence-corrected chi connectivity index (χ4v) is 1.39. The van der Waals surface area contributed by atoms with Crippen LogP contribution in [-0.2, 0) is 0 Å². The molecule has 4 nitrogen and oxygen atoms in total. The van der Waals surface area contributed by atoms with Crippen LogP contribution < -0.4 is 10.6 Å². The molecule has 0 saturated heterocycles. The van der Waals surface area contributed by atoms with Crippen molar-refractivity contribution in [3.63, 3.8) is 0 Å². The highest BCUT2D eigenvalue weighted by molar-refractivity contribution is 5.92. The van der Waals surface area contributed by atoms with Gasteiger partial charge in [0.25, 0.3) is 5.91 Å². The number of carbonyl (C=O) groups is 1. The van der Waals surface area contributed by atoms with E-state index >= 15 is 0 Å². The molecule has 1 atom stereocenters. The summed E-state index contributed by atoms with van der Waals surface area (Å²) in [4.78, 5) is 15.9. The van der Waals surface area contributed by atoms with Gasteiger partial charge in [0.1, 0.15) is 5.69 Å². The number of amides is 1. The van der Waals surface area contributed by atoms with Crippen molar-refractivity contribution in [3.05, 3.63) is 24.0 Å². The van der Waals surface area contributed by atoms with Crippen LogP contribution in [0, 0.1) is 5.92 Å². The Kier molecular flexibility index (Phi) is 5.62. The molecule has 0 saturated carbocycles. The Balaban J connectivity index is 2.56. The smallest absolute Gasteiger partial charge is 0.269 e. The van der Waals surface area contributed by atoms with E-state index in [1.54, 1.807) is 12.3 Å². The van der Waals surface area contributed by atoms with Gasteiger partial charge in [0.15, 0.2) is 0 Å². The molecule has 0 aromatic carbocycles. The third kappa shape index (κ3) is 4.73. The second-order valence-electron chi connectivity index (χ2n) is 4.99. The van der Waals surface area contributed by atoms with Crippen molar-refractivity contribution in [2.24, 2.45) is 5.92 Å². The van der Waals surface area contributed by atoms with Gasteiger partial charge in [-0.1, -0.05) is 20.8 Å². The molecule has 1 aromatic heterocycles. The normalized spacial score (nSPS) is 12.3. The molecule has 0 aliphatic carbocycles. The van der Waals surface area contributed by atoms with E-state index in [-0.39, 0.29) is 5.91 Å². The van der Waals surface area contributed by atoms with E-state index < -0.39 is 0 Å². The molecule has 0 aliphatic heterocycles. The molecule has 100 valence electrons. The molecule has 1 heterocycles. The fourth-order valence-electron chi connectivity index (χ4n) is 1.39. The van der Waals surface area contributed by atoms with Gasteiger partial charge in [-0.3, -0.25) is 4.79 Å². The Morgan fingerprint density at radius 2 is 2.06 bits per heavy atom. The number of anilines is 1. The first-order valence-corrected chi connectivity index (χ1v) is 6.53. The van der Waals surface area contributed by atoms with Crippen LogP contribution in [0.2, 0.25) is 0 Å². The van der Waals surface area contributed by atoms with E-state index in [2.05, 4.69) is 43.3 Å². The number of rotatable bonds is 6. The molecule has 18 heavy (non-hydrogen) atoms. The van der Waals surface area contributed by atoms with E-state index in [1.807, 2.05) is 6.07 Å². The first-order valence-electron chi connectivity index (χ1n) is 6.53. The fraction of sp³-hybridized carbons (Fsp3) is 0.571. The third-order valence-electron chi connectivity index (χ3n) is 2.69. The van der Waals surface area contributed by atoms with Gasteiger partial charge in [-0.25, -0.2) is 4.98 Å². The zero-order valence-electron chi connectivity index (χ0n) is 11.7. The summed E-state index contributed by atoms with van der Waals surface area (Å²) in [5, 5.41) is 6.16. The van der Waals surface area contributed by atoms with Crippen molar-refractivity contribution in [2.75, 3.05) is 11.9 Å². The lowest BCUT2D eigenvalue weighted by atomic mass is 10.2. The van der Waals surface area contributed by atoms with Crippen LogP contribution in [0.4, 0.5) is 5.69 Å². The zero-order valence-corrected chi connectivity index (χ0v) is 11.7. The van der Waals surface area contributed by atoms with Crippen molar-refractivity contribution < 1.29 is 4.79 Å². The van der Waals surface area contributed by atoms with Gasteiger partial charge in [-0.2, -0.15) is 0 Å². The number of hydrogen-bond acceptors (Lipinski definition) is 3. The minimum absolute atomic E-state index is 0.112. The van der Waals surface area contributed by atoms with Gasteiger partial charge in [-0.05, 0) is 31.4 Å². The summed E-state index contributed by atoms with van der Waals surface area (Å²) in [5.41, 5.74) is 1.41. The molecule has 1 aromatic rings. The first-order chi connectivity index (χ1) is 8.52. The van der Waals surface area contributed by atoms with Crippen LogP contribution in [0.1, 0.15) is 44.6 Å². The Morgan fingerprint density at radius 3 is 2.56 bits per heavy atom. The minimum atomic E-state index is -0.112. The van der Waals surface area contributed by atoms with E-state index in [4.69, 9.17) is 0 Å². The van der Waals surface area contributed by atoms with Crippen molar-refractivity contribution in [1.29, 1.82) is 0 Å². The predicted molar refractivity (Wildman–Crippen MR) is 74.8 cm³/mol. The van der Waals surface area contributed by atoms with Gasteiger partial charge in [0, 0.05) is 12.6 Å². The van der Waals surface area contributed by atoms with E-state index in [0.29, 0.717) is 24.2 Å². The molecule has 0 fully saturated rings. The average Bonchev–Trinajstić information content (AvgIpc) is 2.36. The molecule has 2 N–H and O–H groups in total. The lowest BCUT2D eigenvalue weighted by Gasteiger charge is -2.12. The Morgan fingerprint density at radius 1 is 1.33 bits per heavy atom. The van der Waals surface area contributed by atoms with Crippen molar-refractivity contribution in [2.45, 2.75) is 40.2 Å². The zero-order chi connectivity index (χ0) is 13.5. The number of hydrogen-bond donors (Lipinski definition) is 2. The predicted octanol–water partition coefficient (Wildman–Crippen LogP) is 2.68. The maximum atomic E-state index is 11.7. The van der Waals surface area contributed by atoms with Crippen LogP contribution in [-0.4, -0.2) is 23.5 Å². The largest absolute Gasteiger partial charge is 0.381 e. The van der Waals surface area contributed by atoms with Crippen molar-refractivity contribution >= 4 is 11.6 Å². The van der Waals surface area contributed by atoms with Crippen LogP contribution >= 0.6 is 0 Å². The number of carbonyl (C=O) groups excluding carboxylic acids is 1. The number of nitrogens with zero attached hydrogens (tertiary/aromatic N) is 1. The van der Waals surface area contributed by atoms with Gasteiger partial charge in [0.2, 0.25) is 0 Å². The Labute approximate surface area is 109 Å². The van der Waals surface area contributed by atoms with Crippen LogP contribution in [0.3, 0.4) is 0 Å². The maximum Gasteiger partial charge on any atom is 0.269 e. The summed E-state index contributed by atoms with van der Waals surface area (Å²) >= 11 is 0. The molecule has 1 unspecified atom stereocenters. The van der Waals surface area contributed by atoms with Gasteiger partial charge in [0.05, 0.1) is 11.9 Å². The standard InChI is InChI=1S/C14H23N3O/c1-5-11(4)17-12-6-7-13(15-9-12)14(18)16-8-10(2)3/h6-7,9-11,17H,5,8H2,1-4H3,(H,16,18). The van der Waals surface area contributed by atoms with E-state index in [9.17, 15) is 4.79 Å². The summed E-state index contributed by atoms with van der Waals surface area (Å²) in [7, 11) is 0. The minimum Gasteiger partial charge on any atom is -0.381 e. The topological polar surface area (TPSA) is 54.0 Å². The average molecular weight is 249 g/mol. The highest BCUT2D eigenvalue weighted by Crippen LogP contribution is 2.09. The Hall–Kier alpha value is -1.58. The summed E-state index contributed by atoms with van der Waals surface area (Å²) in [6, 6.07) is 4.05. The quantitative estimate of drug-likeness (QED) is 0.815. The lowest BCUT2D eigenvalue weighted by Crippen LogP contribution is -2.28. The molecule has 0 bridgehead atoms. The van der Waals surface area contributed by atoms with Crippen LogP contribution in [0.25, 0.3) is 0 Å². The summed E-state index contributed by atoms with van der Waals surface area (Å²) < 4.78 is 0. The number of nitrogens with one attached hydrogen (secondary N) is 2. The molecular formula is C14H23N3O. The van der Waals surface area contributed by atoms with Crippen LogP contribution in [0.15, 0.2) is 18.3 Å². The molecular weight excluding hydrogens is 226 g/mol. The van der Waals surface area contributed by atoms with E-state index in [0.717, 1.165) is 12.1 Å². The highest BCUT2D eigenvalue weighted by atomic mass is 16.1. The summed E-state index contributed by atoms with van der Waals surface area (Å²) in [6.45, 7) is 9.04. The second-order valence-corrected chi connectivity index (χ2v) is 4.99. The molecule has 0 aliphatic rings. The van der Waals surface area contributed by atoms with E-state index in [1.165, 1.54) is 0 Å². The Bertz CT molecular complexity index is 373. The lowest BCUT2D eigenvalue weighted by molar-refractivity contribution is 0.0944. The molecule has 1 rings (SSSR count). The molecule has 1 amide bonds. The monoisotopic (exact) mass is 249 g/mol. The molecule has 0 spiro atoms. The second kappa shape index (κ2) is 6.99. The summed E-state index contributed by atoms with van der Waals surface area (Å²) in [5.74, 6) is 0.332.